The molecule has 0 aromatic carbocycles. The molecule has 0 spiro atoms. The van der Waals surface area contributed by atoms with Gasteiger partial charge < -0.3 is 5.11 Å². The summed E-state index contributed by atoms with van der Waals surface area (Å²) in [5.74, 6) is -0.174. The van der Waals surface area contributed by atoms with E-state index in [9.17, 15) is 4.79 Å². The van der Waals surface area contributed by atoms with Crippen molar-refractivity contribution in [1.29, 1.82) is 0 Å². The van der Waals surface area contributed by atoms with E-state index in [4.69, 9.17) is 5.11 Å². The van der Waals surface area contributed by atoms with Crippen molar-refractivity contribution in [3.05, 3.63) is 17.5 Å². The molecule has 1 fully saturated rings. The number of aliphatic carboxylic acids is 1. The van der Waals surface area contributed by atoms with Gasteiger partial charge in [-0.05, 0) is 13.8 Å². The first kappa shape index (κ1) is 11.5. The van der Waals surface area contributed by atoms with Gasteiger partial charge in [0.2, 0.25) is 0 Å². The van der Waals surface area contributed by atoms with Crippen molar-refractivity contribution >= 4 is 17.7 Å². The van der Waals surface area contributed by atoms with E-state index in [2.05, 4.69) is 10.4 Å². The van der Waals surface area contributed by atoms with E-state index in [0.29, 0.717) is 5.75 Å². The van der Waals surface area contributed by atoms with Crippen LogP contribution in [0.25, 0.3) is 0 Å². The number of aromatic nitrogens is 2. The lowest BCUT2D eigenvalue weighted by atomic mass is 10.2. The minimum absolute atomic E-state index is 0.0569. The van der Waals surface area contributed by atoms with Crippen LogP contribution in [0.5, 0.6) is 0 Å². The molecule has 2 rings (SSSR count). The molecule has 88 valence electrons. The van der Waals surface area contributed by atoms with Crippen molar-refractivity contribution in [2.45, 2.75) is 31.8 Å². The molecule has 0 amide bonds. The maximum atomic E-state index is 10.8. The molecule has 1 aromatic heterocycles. The molecular formula is C10H15N3O2S. The summed E-state index contributed by atoms with van der Waals surface area (Å²) >= 11 is 1.62. The third-order valence-corrected chi connectivity index (χ3v) is 3.92. The highest BCUT2D eigenvalue weighted by atomic mass is 32.2. The van der Waals surface area contributed by atoms with E-state index in [0.717, 1.165) is 17.8 Å². The van der Waals surface area contributed by atoms with Gasteiger partial charge in [-0.3, -0.25) is 14.8 Å². The lowest BCUT2D eigenvalue weighted by Gasteiger charge is -2.09. The molecule has 0 aliphatic carbocycles. The molecule has 16 heavy (non-hydrogen) atoms. The second-order valence-electron chi connectivity index (χ2n) is 3.80. The number of hydrogen-bond acceptors (Lipinski definition) is 4. The Morgan fingerprint density at radius 1 is 1.81 bits per heavy atom. The molecule has 0 bridgehead atoms. The maximum absolute atomic E-state index is 10.8. The monoisotopic (exact) mass is 241 g/mol. The lowest BCUT2D eigenvalue weighted by Crippen LogP contribution is -2.33. The number of rotatable bonds is 3. The molecule has 2 N–H and O–H groups in total. The first-order valence-electron chi connectivity index (χ1n) is 5.26. The zero-order valence-electron chi connectivity index (χ0n) is 9.30. The summed E-state index contributed by atoms with van der Waals surface area (Å²) in [6.45, 7) is 4.82. The smallest absolute Gasteiger partial charge is 0.321 e. The maximum Gasteiger partial charge on any atom is 0.321 e. The molecule has 1 saturated heterocycles. The van der Waals surface area contributed by atoms with E-state index in [-0.39, 0.29) is 5.37 Å². The van der Waals surface area contributed by atoms with Crippen molar-refractivity contribution in [1.82, 2.24) is 15.1 Å². The summed E-state index contributed by atoms with van der Waals surface area (Å²) in [4.78, 5) is 10.8. The van der Waals surface area contributed by atoms with Gasteiger partial charge in [-0.15, -0.1) is 11.8 Å². The lowest BCUT2D eigenvalue weighted by molar-refractivity contribution is -0.138. The number of carbonyl (C=O) groups is 1. The van der Waals surface area contributed by atoms with Gasteiger partial charge in [0.1, 0.15) is 6.04 Å². The molecular weight excluding hydrogens is 226 g/mol. The SMILES string of the molecule is CCn1cc([C@H]2N[C@H](C(=O)O)CS2)c(C)n1. The van der Waals surface area contributed by atoms with Crippen LogP contribution in [-0.4, -0.2) is 32.7 Å². The van der Waals surface area contributed by atoms with E-state index in [1.807, 2.05) is 24.7 Å². The van der Waals surface area contributed by atoms with Crippen LogP contribution in [0, 0.1) is 6.92 Å². The zero-order chi connectivity index (χ0) is 11.7. The third-order valence-electron chi connectivity index (χ3n) is 2.67. The van der Waals surface area contributed by atoms with E-state index in [1.165, 1.54) is 0 Å². The van der Waals surface area contributed by atoms with Crippen LogP contribution in [0.15, 0.2) is 6.20 Å². The van der Waals surface area contributed by atoms with Crippen LogP contribution in [0.2, 0.25) is 0 Å². The molecule has 1 aliphatic heterocycles. The van der Waals surface area contributed by atoms with Gasteiger partial charge >= 0.3 is 5.97 Å². The molecule has 6 heteroatoms. The second kappa shape index (κ2) is 4.47. The van der Waals surface area contributed by atoms with Crippen LogP contribution < -0.4 is 5.32 Å². The minimum atomic E-state index is -0.782. The Balaban J connectivity index is 2.13. The van der Waals surface area contributed by atoms with Gasteiger partial charge in [-0.2, -0.15) is 5.10 Å². The number of thioether (sulfide) groups is 1. The zero-order valence-corrected chi connectivity index (χ0v) is 10.1. The van der Waals surface area contributed by atoms with Gasteiger partial charge in [0.05, 0.1) is 11.1 Å². The molecule has 2 atom stereocenters. The largest absolute Gasteiger partial charge is 0.480 e. The summed E-state index contributed by atoms with van der Waals surface area (Å²) in [6, 6.07) is -0.445. The van der Waals surface area contributed by atoms with Gasteiger partial charge in [-0.1, -0.05) is 0 Å². The Labute approximate surface area is 98.2 Å². The van der Waals surface area contributed by atoms with Crippen LogP contribution >= 0.6 is 11.8 Å². The fourth-order valence-electron chi connectivity index (χ4n) is 1.75. The average Bonchev–Trinajstić information content (AvgIpc) is 2.83. The molecule has 2 heterocycles. The highest BCUT2D eigenvalue weighted by Crippen LogP contribution is 2.34. The molecule has 0 saturated carbocycles. The number of carboxylic acids is 1. The van der Waals surface area contributed by atoms with Gasteiger partial charge in [0, 0.05) is 24.1 Å². The van der Waals surface area contributed by atoms with Gasteiger partial charge in [0.25, 0.3) is 0 Å². The van der Waals surface area contributed by atoms with Crippen LogP contribution in [0.1, 0.15) is 23.6 Å². The summed E-state index contributed by atoms with van der Waals surface area (Å²) in [5.41, 5.74) is 2.06. The predicted molar refractivity (Wildman–Crippen MR) is 62.4 cm³/mol. The van der Waals surface area contributed by atoms with Crippen molar-refractivity contribution in [3.63, 3.8) is 0 Å². The Morgan fingerprint density at radius 2 is 2.56 bits per heavy atom. The van der Waals surface area contributed by atoms with Crippen LogP contribution in [0.3, 0.4) is 0 Å². The summed E-state index contributed by atoms with van der Waals surface area (Å²) in [5, 5.41) is 16.4. The third kappa shape index (κ3) is 2.08. The van der Waals surface area contributed by atoms with Crippen molar-refractivity contribution in [2.75, 3.05) is 5.75 Å². The topological polar surface area (TPSA) is 67.2 Å². The van der Waals surface area contributed by atoms with E-state index >= 15 is 0 Å². The summed E-state index contributed by atoms with van der Waals surface area (Å²) in [7, 11) is 0. The molecule has 5 nitrogen and oxygen atoms in total. The fraction of sp³-hybridized carbons (Fsp3) is 0.600. The highest BCUT2D eigenvalue weighted by Gasteiger charge is 2.31. The number of carboxylic acid groups (broad SMARTS) is 1. The van der Waals surface area contributed by atoms with Gasteiger partial charge in [-0.25, -0.2) is 0 Å². The number of nitrogens with zero attached hydrogens (tertiary/aromatic N) is 2. The first-order chi connectivity index (χ1) is 7.61. The normalized spacial score (nSPS) is 24.9. The van der Waals surface area contributed by atoms with Crippen LogP contribution in [0.4, 0.5) is 0 Å². The van der Waals surface area contributed by atoms with Crippen molar-refractivity contribution < 1.29 is 9.90 Å². The Kier molecular flexibility index (Phi) is 3.20. The molecule has 0 radical (unpaired) electrons. The number of nitrogens with one attached hydrogen (secondary N) is 1. The van der Waals surface area contributed by atoms with Crippen LogP contribution in [-0.2, 0) is 11.3 Å². The Hall–Kier alpha value is -1.01. The first-order valence-corrected chi connectivity index (χ1v) is 6.31. The Bertz CT molecular complexity index is 405. The van der Waals surface area contributed by atoms with Gasteiger partial charge in [0.15, 0.2) is 0 Å². The van der Waals surface area contributed by atoms with E-state index < -0.39 is 12.0 Å². The standard InChI is InChI=1S/C10H15N3O2S/c1-3-13-4-7(6(2)12-13)9-11-8(5-16-9)10(14)15/h4,8-9,11H,3,5H2,1-2H3,(H,14,15)/t8-,9-/m0/s1. The number of hydrogen-bond donors (Lipinski definition) is 2. The second-order valence-corrected chi connectivity index (χ2v) is 4.93. The summed E-state index contributed by atoms with van der Waals surface area (Å²) in [6.07, 6.45) is 1.99. The van der Waals surface area contributed by atoms with Crippen molar-refractivity contribution in [3.8, 4) is 0 Å². The Morgan fingerprint density at radius 3 is 3.06 bits per heavy atom. The molecule has 0 unspecified atom stereocenters. The fourth-order valence-corrected chi connectivity index (χ4v) is 3.04. The van der Waals surface area contributed by atoms with Crippen molar-refractivity contribution in [2.24, 2.45) is 0 Å². The average molecular weight is 241 g/mol. The molecule has 1 aliphatic rings. The minimum Gasteiger partial charge on any atom is -0.480 e. The highest BCUT2D eigenvalue weighted by molar-refractivity contribution is 7.99. The number of aryl methyl sites for hydroxylation is 2. The molecule has 1 aromatic rings. The quantitative estimate of drug-likeness (QED) is 0.826. The van der Waals surface area contributed by atoms with E-state index in [1.54, 1.807) is 11.8 Å². The predicted octanol–water partition coefficient (Wildman–Crippen LogP) is 1.000. The summed E-state index contributed by atoms with van der Waals surface area (Å²) < 4.78 is 1.88.